The lowest BCUT2D eigenvalue weighted by atomic mass is 10.0. The molecule has 0 bridgehead atoms. The summed E-state index contributed by atoms with van der Waals surface area (Å²) in [6.07, 6.45) is 19.9. The summed E-state index contributed by atoms with van der Waals surface area (Å²) in [6, 6.07) is 1.29. The molecule has 1 unspecified atom stereocenters. The molecule has 0 heterocycles. The van der Waals surface area contributed by atoms with Gasteiger partial charge in [-0.2, -0.15) is 0 Å². The van der Waals surface area contributed by atoms with Crippen LogP contribution in [0, 0.1) is 0 Å². The Bertz CT molecular complexity index is 354. The van der Waals surface area contributed by atoms with E-state index in [1.807, 2.05) is 0 Å². The summed E-state index contributed by atoms with van der Waals surface area (Å²) in [7, 11) is -5.34. The molecule has 0 aliphatic heterocycles. The van der Waals surface area contributed by atoms with Gasteiger partial charge in [0.1, 0.15) is 10.5 Å². The van der Waals surface area contributed by atoms with Gasteiger partial charge < -0.3 is 28.8 Å². The van der Waals surface area contributed by atoms with Gasteiger partial charge in [0.05, 0.1) is 0 Å². The van der Waals surface area contributed by atoms with Gasteiger partial charge in [-0.05, 0) is 12.6 Å². The van der Waals surface area contributed by atoms with Crippen LogP contribution in [0.25, 0.3) is 0 Å². The van der Waals surface area contributed by atoms with Crippen molar-refractivity contribution in [3.63, 3.8) is 0 Å². The van der Waals surface area contributed by atoms with E-state index >= 15 is 0 Å². The minimum absolute atomic E-state index is 0.730. The number of unbranched alkanes of at least 4 members (excludes halogenated alkanes) is 13. The first-order valence-electron chi connectivity index (χ1n) is 12.8. The molecule has 15 heteroatoms. The summed E-state index contributed by atoms with van der Waals surface area (Å²) < 4.78 is 38.5. The van der Waals surface area contributed by atoms with Gasteiger partial charge in [0, 0.05) is 0 Å². The number of rotatable bonds is 28. The van der Waals surface area contributed by atoms with Crippen LogP contribution in [0.1, 0.15) is 96.8 Å². The lowest BCUT2D eigenvalue weighted by Crippen LogP contribution is -2.22. The van der Waals surface area contributed by atoms with Crippen LogP contribution in [0.3, 0.4) is 0 Å². The smallest absolute Gasteiger partial charge is 0.286 e. The van der Waals surface area contributed by atoms with Crippen molar-refractivity contribution in [2.24, 2.45) is 0 Å². The van der Waals surface area contributed by atoms with Gasteiger partial charge in [-0.1, -0.05) is 96.8 Å². The minimum Gasteiger partial charge on any atom is -0.449 e. The Hall–Kier alpha value is 1.46. The normalized spacial score (nSPS) is 14.8. The van der Waals surface area contributed by atoms with Crippen molar-refractivity contribution in [3.8, 4) is 0 Å². The average Bonchev–Trinajstić information content (AvgIpc) is 2.80. The van der Waals surface area contributed by atoms with Crippen molar-refractivity contribution < 1.29 is 28.8 Å². The summed E-state index contributed by atoms with van der Waals surface area (Å²) in [6.45, 7) is 4.60. The van der Waals surface area contributed by atoms with Gasteiger partial charge in [-0.25, -0.2) is 0 Å². The summed E-state index contributed by atoms with van der Waals surface area (Å²) in [4.78, 5) is 0. The van der Waals surface area contributed by atoms with E-state index in [1.54, 1.807) is 0 Å². The summed E-state index contributed by atoms with van der Waals surface area (Å²) in [5.74, 6) is 0. The van der Waals surface area contributed by atoms with E-state index in [-0.39, 0.29) is 0 Å². The first-order valence-corrected chi connectivity index (χ1v) is 23.0. The Morgan fingerprint density at radius 3 is 1.34 bits per heavy atom. The van der Waals surface area contributed by atoms with Gasteiger partial charge in [-0.15, -0.1) is 0 Å². The van der Waals surface area contributed by atoms with Crippen molar-refractivity contribution in [2.45, 2.75) is 109 Å². The Morgan fingerprint density at radius 1 is 0.531 bits per heavy atom. The predicted octanol–water partition coefficient (Wildman–Crippen LogP) is -0.789. The second-order valence-electron chi connectivity index (χ2n) is 8.38. The summed E-state index contributed by atoms with van der Waals surface area (Å²) in [5.41, 5.74) is 0. The molecule has 0 aliphatic rings. The van der Waals surface area contributed by atoms with E-state index in [2.05, 4.69) is 13.5 Å². The third-order valence-electron chi connectivity index (χ3n) is 5.27. The molecule has 0 aromatic heterocycles. The molecule has 0 saturated heterocycles. The predicted molar refractivity (Wildman–Crippen MR) is 157 cm³/mol. The molecular formula is C17H52O7Si8. The monoisotopic (exact) mass is 592 g/mol. The molecule has 0 aromatic carbocycles. The molecule has 0 spiro atoms. The molecule has 32 heavy (non-hydrogen) atoms. The Kier molecular flexibility index (Phi) is 31.9. The second kappa shape index (κ2) is 30.5. The molecule has 0 aliphatic carbocycles. The highest BCUT2D eigenvalue weighted by molar-refractivity contribution is 6.57. The van der Waals surface area contributed by atoms with E-state index in [0.29, 0.717) is 0 Å². The van der Waals surface area contributed by atoms with Crippen LogP contribution in [0.4, 0.5) is 0 Å². The topological polar surface area (TPSA) is 64.6 Å². The third kappa shape index (κ3) is 29.5. The van der Waals surface area contributed by atoms with Crippen molar-refractivity contribution in [1.29, 1.82) is 0 Å². The van der Waals surface area contributed by atoms with Gasteiger partial charge in [-0.3, -0.25) is 0 Å². The van der Waals surface area contributed by atoms with E-state index < -0.39 is 69.1 Å². The maximum Gasteiger partial charge on any atom is 0.286 e. The van der Waals surface area contributed by atoms with E-state index in [0.717, 1.165) is 10.5 Å². The number of hydrogen-bond donors (Lipinski definition) is 0. The molecule has 0 radical (unpaired) electrons. The quantitative estimate of drug-likeness (QED) is 0.0872. The lowest BCUT2D eigenvalue weighted by molar-refractivity contribution is 0.371. The van der Waals surface area contributed by atoms with E-state index in [9.17, 15) is 0 Å². The van der Waals surface area contributed by atoms with Crippen molar-refractivity contribution >= 4 is 79.6 Å². The molecule has 7 nitrogen and oxygen atoms in total. The average molecular weight is 593 g/mol. The highest BCUT2D eigenvalue weighted by Gasteiger charge is 2.05. The van der Waals surface area contributed by atoms with Crippen LogP contribution in [0.2, 0.25) is 12.6 Å². The molecule has 0 N–H and O–H groups in total. The fourth-order valence-electron chi connectivity index (χ4n) is 3.36. The molecule has 0 fully saturated rings. The maximum atomic E-state index is 5.99. The van der Waals surface area contributed by atoms with E-state index in [4.69, 9.17) is 28.8 Å². The first kappa shape index (κ1) is 33.5. The molecule has 1 atom stereocenters. The van der Waals surface area contributed by atoms with Gasteiger partial charge in [0.25, 0.3) is 60.0 Å². The molecule has 194 valence electrons. The molecule has 0 aromatic rings. The molecule has 0 rings (SSSR count). The van der Waals surface area contributed by atoms with Crippen LogP contribution >= 0.6 is 0 Å². The van der Waals surface area contributed by atoms with Gasteiger partial charge in [0.15, 0.2) is 9.04 Å². The third-order valence-corrected chi connectivity index (χ3v) is 16.9. The SMILES string of the molecule is CCCCCCCCCCCCCCCC[SiH](C)O[SiH2]O[SiH2]O[SiH2]O[SiH2]O[SiH2]O[SiH2]O[SiH3]. The van der Waals surface area contributed by atoms with Crippen LogP contribution in [-0.4, -0.2) is 79.6 Å². The Labute approximate surface area is 217 Å². The van der Waals surface area contributed by atoms with Crippen LogP contribution in [0.5, 0.6) is 0 Å². The van der Waals surface area contributed by atoms with Crippen molar-refractivity contribution in [1.82, 2.24) is 0 Å². The standard InChI is InChI=1S/C17H52O7Si8/c1-3-4-5-6-7-8-9-10-11-12-13-14-15-16-17-32(2)24-31-23-30-22-29-21-28-20-27-19-26-18-25/h32H,3-17,26-31H2,1-2,25H3. The highest BCUT2D eigenvalue weighted by atomic mass is 28.4. The molecular weight excluding hydrogens is 541 g/mol. The zero-order chi connectivity index (χ0) is 23.4. The molecule has 0 amide bonds. The fraction of sp³-hybridized carbons (Fsp3) is 1.00. The fourth-order valence-corrected chi connectivity index (χ4v) is 16.7. The van der Waals surface area contributed by atoms with E-state index in [1.165, 1.54) is 95.9 Å². The van der Waals surface area contributed by atoms with Gasteiger partial charge >= 0.3 is 0 Å². The van der Waals surface area contributed by atoms with Crippen molar-refractivity contribution in [3.05, 3.63) is 0 Å². The van der Waals surface area contributed by atoms with Crippen molar-refractivity contribution in [2.75, 3.05) is 0 Å². The Morgan fingerprint density at radius 2 is 0.906 bits per heavy atom. The largest absolute Gasteiger partial charge is 0.449 e. The summed E-state index contributed by atoms with van der Waals surface area (Å²) in [5, 5.41) is 0. The first-order chi connectivity index (χ1) is 15.8. The zero-order valence-electron chi connectivity index (χ0n) is 21.3. The van der Waals surface area contributed by atoms with Gasteiger partial charge in [0.2, 0.25) is 0 Å². The minimum atomic E-state index is -1.02. The maximum absolute atomic E-state index is 5.99. The number of hydrogen-bond acceptors (Lipinski definition) is 7. The van der Waals surface area contributed by atoms with Crippen LogP contribution < -0.4 is 0 Å². The lowest BCUT2D eigenvalue weighted by Gasteiger charge is -2.12. The Balaban J connectivity index is 3.13. The van der Waals surface area contributed by atoms with Crippen LogP contribution in [0.15, 0.2) is 0 Å². The molecule has 0 saturated carbocycles. The van der Waals surface area contributed by atoms with Crippen LogP contribution in [-0.2, 0) is 28.8 Å². The summed E-state index contributed by atoms with van der Waals surface area (Å²) >= 11 is 0. The highest BCUT2D eigenvalue weighted by Crippen LogP contribution is 2.14. The second-order valence-corrected chi connectivity index (χ2v) is 23.8. The zero-order valence-corrected chi connectivity index (χ0v) is 32.9.